The smallest absolute Gasteiger partial charge is 0.335 e. The summed E-state index contributed by atoms with van der Waals surface area (Å²) in [6.45, 7) is 2.38. The first-order valence-electron chi connectivity index (χ1n) is 8.72. The Kier molecular flexibility index (Phi) is 6.77. The number of carbonyl (C=O) groups is 2. The van der Waals surface area contributed by atoms with Crippen LogP contribution >= 0.6 is 0 Å². The molecule has 2 N–H and O–H groups in total. The van der Waals surface area contributed by atoms with Gasteiger partial charge in [0.2, 0.25) is 15.9 Å². The molecule has 0 unspecified atom stereocenters. The lowest BCUT2D eigenvalue weighted by Crippen LogP contribution is -2.42. The largest absolute Gasteiger partial charge is 0.478 e. The molecule has 144 valence electrons. The molecule has 0 atom stereocenters. The Morgan fingerprint density at radius 2 is 1.73 bits per heavy atom. The SMILES string of the molecule is CC1CCC(NS(=O)(=O)CC(=O)N(C)Cc2ccc(C(=O)O)cc2)CC1. The van der Waals surface area contributed by atoms with Crippen LogP contribution in [0.5, 0.6) is 0 Å². The lowest BCUT2D eigenvalue weighted by atomic mass is 9.88. The summed E-state index contributed by atoms with van der Waals surface area (Å²) >= 11 is 0. The Balaban J connectivity index is 1.87. The lowest BCUT2D eigenvalue weighted by molar-refractivity contribution is -0.127. The number of amides is 1. The van der Waals surface area contributed by atoms with Crippen molar-refractivity contribution >= 4 is 21.9 Å². The van der Waals surface area contributed by atoms with Crippen molar-refractivity contribution in [2.45, 2.75) is 45.2 Å². The molecule has 0 aliphatic heterocycles. The van der Waals surface area contributed by atoms with E-state index < -0.39 is 27.7 Å². The maximum Gasteiger partial charge on any atom is 0.335 e. The van der Waals surface area contributed by atoms with Crippen LogP contribution in [0.25, 0.3) is 0 Å². The van der Waals surface area contributed by atoms with Crippen LogP contribution in [0.2, 0.25) is 0 Å². The van der Waals surface area contributed by atoms with Gasteiger partial charge in [-0.1, -0.05) is 19.1 Å². The average Bonchev–Trinajstić information content (AvgIpc) is 2.56. The summed E-state index contributed by atoms with van der Waals surface area (Å²) in [5.41, 5.74) is 0.897. The zero-order valence-electron chi connectivity index (χ0n) is 15.1. The first-order valence-corrected chi connectivity index (χ1v) is 10.4. The summed E-state index contributed by atoms with van der Waals surface area (Å²) in [6.07, 6.45) is 3.60. The van der Waals surface area contributed by atoms with Gasteiger partial charge in [0.05, 0.1) is 5.56 Å². The second kappa shape index (κ2) is 8.64. The molecule has 1 aliphatic rings. The van der Waals surface area contributed by atoms with Crippen molar-refractivity contribution in [3.8, 4) is 0 Å². The van der Waals surface area contributed by atoms with Crippen LogP contribution in [0.3, 0.4) is 0 Å². The molecule has 7 nitrogen and oxygen atoms in total. The van der Waals surface area contributed by atoms with Crippen molar-refractivity contribution in [2.75, 3.05) is 12.8 Å². The molecule has 1 fully saturated rings. The summed E-state index contributed by atoms with van der Waals surface area (Å²) in [4.78, 5) is 24.4. The van der Waals surface area contributed by atoms with Gasteiger partial charge in [0, 0.05) is 19.6 Å². The first kappa shape index (κ1) is 20.4. The van der Waals surface area contributed by atoms with E-state index in [2.05, 4.69) is 11.6 Å². The third kappa shape index (κ3) is 6.10. The number of carbonyl (C=O) groups excluding carboxylic acids is 1. The minimum Gasteiger partial charge on any atom is -0.478 e. The number of hydrogen-bond donors (Lipinski definition) is 2. The normalized spacial score (nSPS) is 20.5. The standard InChI is InChI=1S/C18H26N2O5S/c1-13-3-9-16(10-4-13)19-26(24,25)12-17(21)20(2)11-14-5-7-15(8-6-14)18(22)23/h5-8,13,16,19H,3-4,9-12H2,1-2H3,(H,22,23). The van der Waals surface area contributed by atoms with E-state index in [9.17, 15) is 18.0 Å². The van der Waals surface area contributed by atoms with Gasteiger partial charge in [-0.15, -0.1) is 0 Å². The number of nitrogens with one attached hydrogen (secondary N) is 1. The molecule has 8 heteroatoms. The second-order valence-corrected chi connectivity index (χ2v) is 8.84. The molecule has 1 amide bonds. The summed E-state index contributed by atoms with van der Waals surface area (Å²) in [5, 5.41) is 8.88. The maximum absolute atomic E-state index is 12.2. The molecule has 0 radical (unpaired) electrons. The van der Waals surface area contributed by atoms with Crippen molar-refractivity contribution in [1.82, 2.24) is 9.62 Å². The zero-order valence-corrected chi connectivity index (χ0v) is 16.0. The Morgan fingerprint density at radius 1 is 1.15 bits per heavy atom. The molecule has 1 saturated carbocycles. The fourth-order valence-electron chi connectivity index (χ4n) is 3.06. The van der Waals surface area contributed by atoms with Gasteiger partial charge in [-0.25, -0.2) is 17.9 Å². The van der Waals surface area contributed by atoms with Crippen LogP contribution < -0.4 is 4.72 Å². The van der Waals surface area contributed by atoms with Gasteiger partial charge < -0.3 is 10.0 Å². The van der Waals surface area contributed by atoms with Crippen LogP contribution in [0.4, 0.5) is 0 Å². The van der Waals surface area contributed by atoms with Crippen LogP contribution in [-0.2, 0) is 21.4 Å². The highest BCUT2D eigenvalue weighted by atomic mass is 32.2. The van der Waals surface area contributed by atoms with E-state index >= 15 is 0 Å². The molecule has 1 aliphatic carbocycles. The lowest BCUT2D eigenvalue weighted by Gasteiger charge is -2.27. The van der Waals surface area contributed by atoms with Gasteiger partial charge in [0.25, 0.3) is 0 Å². The zero-order chi connectivity index (χ0) is 19.3. The number of sulfonamides is 1. The predicted molar refractivity (Wildman–Crippen MR) is 98.2 cm³/mol. The molecule has 2 rings (SSSR count). The van der Waals surface area contributed by atoms with E-state index in [1.165, 1.54) is 24.1 Å². The quantitative estimate of drug-likeness (QED) is 0.749. The van der Waals surface area contributed by atoms with Crippen LogP contribution in [0.1, 0.15) is 48.5 Å². The van der Waals surface area contributed by atoms with Crippen LogP contribution in [0.15, 0.2) is 24.3 Å². The summed E-state index contributed by atoms with van der Waals surface area (Å²) < 4.78 is 27.1. The van der Waals surface area contributed by atoms with Gasteiger partial charge in [-0.3, -0.25) is 4.79 Å². The van der Waals surface area contributed by atoms with E-state index in [4.69, 9.17) is 5.11 Å². The summed E-state index contributed by atoms with van der Waals surface area (Å²) in [7, 11) is -2.14. The highest BCUT2D eigenvalue weighted by Gasteiger charge is 2.25. The van der Waals surface area contributed by atoms with Crippen LogP contribution in [-0.4, -0.2) is 49.1 Å². The van der Waals surface area contributed by atoms with Crippen molar-refractivity contribution in [2.24, 2.45) is 5.92 Å². The molecular formula is C18H26N2O5S. The molecule has 0 saturated heterocycles. The van der Waals surface area contributed by atoms with E-state index in [-0.39, 0.29) is 18.2 Å². The third-order valence-electron chi connectivity index (χ3n) is 4.72. The van der Waals surface area contributed by atoms with Gasteiger partial charge >= 0.3 is 5.97 Å². The van der Waals surface area contributed by atoms with Gasteiger partial charge in [0.1, 0.15) is 5.75 Å². The van der Waals surface area contributed by atoms with Crippen LogP contribution in [0, 0.1) is 5.92 Å². The Bertz CT molecular complexity index is 737. The fraction of sp³-hybridized carbons (Fsp3) is 0.556. The van der Waals surface area contributed by atoms with E-state index in [0.717, 1.165) is 31.2 Å². The number of benzene rings is 1. The molecule has 0 bridgehead atoms. The second-order valence-electron chi connectivity index (χ2n) is 7.09. The van der Waals surface area contributed by atoms with E-state index in [1.54, 1.807) is 12.1 Å². The Morgan fingerprint density at radius 3 is 2.27 bits per heavy atom. The topological polar surface area (TPSA) is 104 Å². The third-order valence-corrected chi connectivity index (χ3v) is 6.04. The van der Waals surface area contributed by atoms with Gasteiger partial charge in [0.15, 0.2) is 0 Å². The first-order chi connectivity index (χ1) is 12.2. The number of hydrogen-bond acceptors (Lipinski definition) is 4. The predicted octanol–water partition coefficient (Wildman–Crippen LogP) is 1.84. The average molecular weight is 382 g/mol. The number of aromatic carboxylic acids is 1. The molecule has 0 spiro atoms. The molecule has 1 aromatic carbocycles. The number of rotatable bonds is 7. The molecule has 1 aromatic rings. The van der Waals surface area contributed by atoms with Crippen molar-refractivity contribution in [1.29, 1.82) is 0 Å². The van der Waals surface area contributed by atoms with E-state index in [1.807, 2.05) is 0 Å². The minimum absolute atomic E-state index is 0.0853. The highest BCUT2D eigenvalue weighted by molar-refractivity contribution is 7.90. The van der Waals surface area contributed by atoms with Crippen molar-refractivity contribution < 1.29 is 23.1 Å². The van der Waals surface area contributed by atoms with Crippen molar-refractivity contribution in [3.05, 3.63) is 35.4 Å². The Hall–Kier alpha value is -1.93. The summed E-state index contributed by atoms with van der Waals surface area (Å²) in [6, 6.07) is 6.06. The molecule has 26 heavy (non-hydrogen) atoms. The van der Waals surface area contributed by atoms with Gasteiger partial charge in [-0.2, -0.15) is 0 Å². The maximum atomic E-state index is 12.2. The number of carboxylic acids is 1. The highest BCUT2D eigenvalue weighted by Crippen LogP contribution is 2.23. The Labute approximate surface area is 154 Å². The fourth-order valence-corrected chi connectivity index (χ4v) is 4.43. The van der Waals surface area contributed by atoms with Crippen molar-refractivity contribution in [3.63, 3.8) is 0 Å². The van der Waals surface area contributed by atoms with E-state index in [0.29, 0.717) is 5.92 Å². The number of nitrogens with zero attached hydrogens (tertiary/aromatic N) is 1. The monoisotopic (exact) mass is 382 g/mol. The molecular weight excluding hydrogens is 356 g/mol. The van der Waals surface area contributed by atoms with Gasteiger partial charge in [-0.05, 0) is 49.3 Å². The minimum atomic E-state index is -3.67. The summed E-state index contributed by atoms with van der Waals surface area (Å²) in [5.74, 6) is -1.47. The molecule has 0 heterocycles. The number of carboxylic acid groups (broad SMARTS) is 1. The molecule has 0 aromatic heterocycles.